The quantitative estimate of drug-likeness (QED) is 0.908. The third kappa shape index (κ3) is 4.02. The highest BCUT2D eigenvalue weighted by atomic mass is 32.2. The van der Waals surface area contributed by atoms with Crippen molar-refractivity contribution < 1.29 is 12.8 Å². The van der Waals surface area contributed by atoms with Crippen LogP contribution in [0.2, 0.25) is 0 Å². The molecule has 0 saturated carbocycles. The van der Waals surface area contributed by atoms with Crippen LogP contribution < -0.4 is 4.72 Å². The van der Waals surface area contributed by atoms with Crippen LogP contribution >= 0.6 is 0 Å². The second-order valence-corrected chi connectivity index (χ2v) is 7.45. The van der Waals surface area contributed by atoms with Crippen molar-refractivity contribution in [2.24, 2.45) is 0 Å². The molecule has 0 aliphatic carbocycles. The Labute approximate surface area is 126 Å². The molecule has 1 aromatic rings. The number of halogens is 1. The molecule has 0 bridgehead atoms. The highest BCUT2D eigenvalue weighted by Gasteiger charge is 2.25. The number of sulfonamides is 1. The summed E-state index contributed by atoms with van der Waals surface area (Å²) in [7, 11) is -3.79. The molecule has 1 aromatic carbocycles. The predicted molar refractivity (Wildman–Crippen MR) is 81.1 cm³/mol. The summed E-state index contributed by atoms with van der Waals surface area (Å²) in [6, 6.07) is 6.00. The van der Waals surface area contributed by atoms with Gasteiger partial charge in [0.1, 0.15) is 10.7 Å². The van der Waals surface area contributed by atoms with Gasteiger partial charge in [0, 0.05) is 18.6 Å². The lowest BCUT2D eigenvalue weighted by Gasteiger charge is -2.38. The fraction of sp³-hybridized carbons (Fsp3) is 0.600. The molecular formula is C15H23FN2O2S. The van der Waals surface area contributed by atoms with E-state index in [1.54, 1.807) is 0 Å². The van der Waals surface area contributed by atoms with Gasteiger partial charge in [0.05, 0.1) is 0 Å². The summed E-state index contributed by atoms with van der Waals surface area (Å²) in [6.45, 7) is 5.46. The zero-order chi connectivity index (χ0) is 15.5. The number of hydrogen-bond acceptors (Lipinski definition) is 3. The summed E-state index contributed by atoms with van der Waals surface area (Å²) in [5.74, 6) is -0.719. The monoisotopic (exact) mass is 314 g/mol. The fourth-order valence-electron chi connectivity index (χ4n) is 2.86. The largest absolute Gasteiger partial charge is 0.297 e. The lowest BCUT2D eigenvalue weighted by molar-refractivity contribution is 0.116. The number of nitrogens with one attached hydrogen (secondary N) is 1. The molecule has 118 valence electrons. The molecule has 4 nitrogen and oxygen atoms in total. The lowest BCUT2D eigenvalue weighted by Crippen LogP contribution is -2.48. The second-order valence-electron chi connectivity index (χ2n) is 5.71. The van der Waals surface area contributed by atoms with Gasteiger partial charge in [0.25, 0.3) is 0 Å². The molecule has 1 saturated heterocycles. The molecular weight excluding hydrogens is 291 g/mol. The molecule has 0 radical (unpaired) electrons. The third-order valence-corrected chi connectivity index (χ3v) is 5.57. The van der Waals surface area contributed by atoms with Crippen LogP contribution in [0.5, 0.6) is 0 Å². The smallest absolute Gasteiger partial charge is 0.243 e. The highest BCUT2D eigenvalue weighted by molar-refractivity contribution is 7.89. The predicted octanol–water partition coefficient (Wildman–Crippen LogP) is 2.37. The molecule has 1 aliphatic heterocycles. The van der Waals surface area contributed by atoms with Crippen molar-refractivity contribution in [1.29, 1.82) is 0 Å². The molecule has 2 atom stereocenters. The number of piperidine rings is 1. The minimum absolute atomic E-state index is 0.0989. The van der Waals surface area contributed by atoms with Gasteiger partial charge >= 0.3 is 0 Å². The van der Waals surface area contributed by atoms with Crippen LogP contribution in [-0.2, 0) is 10.0 Å². The van der Waals surface area contributed by atoms with E-state index in [0.29, 0.717) is 12.6 Å². The van der Waals surface area contributed by atoms with E-state index in [-0.39, 0.29) is 10.9 Å². The Balaban J connectivity index is 2.00. The molecule has 1 heterocycles. The Bertz CT molecular complexity index is 577. The number of hydrogen-bond donors (Lipinski definition) is 1. The van der Waals surface area contributed by atoms with Gasteiger partial charge in [-0.05, 0) is 45.4 Å². The Kier molecular flexibility index (Phi) is 5.35. The van der Waals surface area contributed by atoms with Gasteiger partial charge in [-0.2, -0.15) is 0 Å². The summed E-state index contributed by atoms with van der Waals surface area (Å²) in [4.78, 5) is 2.02. The van der Waals surface area contributed by atoms with E-state index in [2.05, 4.69) is 16.5 Å². The lowest BCUT2D eigenvalue weighted by atomic mass is 10.0. The minimum Gasteiger partial charge on any atom is -0.297 e. The van der Waals surface area contributed by atoms with Gasteiger partial charge in [-0.1, -0.05) is 18.6 Å². The molecule has 0 aromatic heterocycles. The van der Waals surface area contributed by atoms with E-state index in [0.717, 1.165) is 25.5 Å². The van der Waals surface area contributed by atoms with Crippen molar-refractivity contribution in [2.45, 2.75) is 50.1 Å². The fourth-order valence-corrected chi connectivity index (χ4v) is 4.06. The molecule has 0 unspecified atom stereocenters. The summed E-state index contributed by atoms with van der Waals surface area (Å²) >= 11 is 0. The maximum absolute atomic E-state index is 13.6. The number of likely N-dealkylation sites (tertiary alicyclic amines) is 1. The number of rotatable bonds is 5. The zero-order valence-corrected chi connectivity index (χ0v) is 13.4. The van der Waals surface area contributed by atoms with Gasteiger partial charge in [0.2, 0.25) is 10.0 Å². The van der Waals surface area contributed by atoms with Crippen molar-refractivity contribution in [2.75, 3.05) is 13.1 Å². The average molecular weight is 314 g/mol. The van der Waals surface area contributed by atoms with Gasteiger partial charge in [-0.15, -0.1) is 0 Å². The molecule has 0 amide bonds. The van der Waals surface area contributed by atoms with Crippen LogP contribution in [0, 0.1) is 5.82 Å². The number of nitrogens with zero attached hydrogens (tertiary/aromatic N) is 1. The third-order valence-electron chi connectivity index (χ3n) is 4.12. The first-order valence-corrected chi connectivity index (χ1v) is 8.90. The van der Waals surface area contributed by atoms with Gasteiger partial charge in [0.15, 0.2) is 0 Å². The SMILES string of the molecule is C[C@H]1CCCCN1[C@@H](C)CNS(=O)(=O)c1ccccc1F. The van der Waals surface area contributed by atoms with Crippen LogP contribution in [-0.4, -0.2) is 38.5 Å². The molecule has 1 N–H and O–H groups in total. The molecule has 2 rings (SSSR count). The van der Waals surface area contributed by atoms with Crippen molar-refractivity contribution in [1.82, 2.24) is 9.62 Å². The molecule has 6 heteroatoms. The Morgan fingerprint density at radius 1 is 1.38 bits per heavy atom. The highest BCUT2D eigenvalue weighted by Crippen LogP contribution is 2.19. The Morgan fingerprint density at radius 3 is 2.76 bits per heavy atom. The maximum atomic E-state index is 13.6. The van der Waals surface area contributed by atoms with Gasteiger partial charge < -0.3 is 0 Å². The minimum atomic E-state index is -3.79. The van der Waals surface area contributed by atoms with E-state index >= 15 is 0 Å². The van der Waals surface area contributed by atoms with Crippen LogP contribution in [0.4, 0.5) is 4.39 Å². The van der Waals surface area contributed by atoms with Crippen LogP contribution in [0.15, 0.2) is 29.2 Å². The van der Waals surface area contributed by atoms with Crippen molar-refractivity contribution in [3.8, 4) is 0 Å². The summed E-state index contributed by atoms with van der Waals surface area (Å²) in [5, 5.41) is 0. The maximum Gasteiger partial charge on any atom is 0.243 e. The number of benzene rings is 1. The van der Waals surface area contributed by atoms with E-state index in [9.17, 15) is 12.8 Å². The standard InChI is InChI=1S/C15H23FN2O2S/c1-12-7-5-6-10-18(12)13(2)11-17-21(19,20)15-9-4-3-8-14(15)16/h3-4,8-9,12-13,17H,5-7,10-11H2,1-2H3/t12-,13-/m0/s1. The Morgan fingerprint density at radius 2 is 2.10 bits per heavy atom. The van der Waals surface area contributed by atoms with Crippen molar-refractivity contribution >= 4 is 10.0 Å². The summed E-state index contributed by atoms with van der Waals surface area (Å²) < 4.78 is 40.4. The van der Waals surface area contributed by atoms with E-state index < -0.39 is 15.8 Å². The van der Waals surface area contributed by atoms with Crippen LogP contribution in [0.1, 0.15) is 33.1 Å². The van der Waals surface area contributed by atoms with Crippen molar-refractivity contribution in [3.63, 3.8) is 0 Å². The molecule has 1 fully saturated rings. The summed E-state index contributed by atoms with van der Waals surface area (Å²) in [5.41, 5.74) is 0. The topological polar surface area (TPSA) is 49.4 Å². The van der Waals surface area contributed by atoms with Crippen LogP contribution in [0.3, 0.4) is 0 Å². The average Bonchev–Trinajstić information content (AvgIpc) is 2.45. The molecule has 1 aliphatic rings. The molecule has 0 spiro atoms. The second kappa shape index (κ2) is 6.85. The van der Waals surface area contributed by atoms with E-state index in [1.165, 1.54) is 24.6 Å². The zero-order valence-electron chi connectivity index (χ0n) is 12.5. The first kappa shape index (κ1) is 16.4. The van der Waals surface area contributed by atoms with Gasteiger partial charge in [-0.25, -0.2) is 17.5 Å². The Hall–Kier alpha value is -0.980. The first-order valence-electron chi connectivity index (χ1n) is 7.42. The van der Waals surface area contributed by atoms with E-state index in [1.807, 2.05) is 6.92 Å². The van der Waals surface area contributed by atoms with Crippen LogP contribution in [0.25, 0.3) is 0 Å². The van der Waals surface area contributed by atoms with E-state index in [4.69, 9.17) is 0 Å². The normalized spacial score (nSPS) is 22.1. The summed E-state index contributed by atoms with van der Waals surface area (Å²) in [6.07, 6.45) is 3.52. The van der Waals surface area contributed by atoms with Crippen molar-refractivity contribution in [3.05, 3.63) is 30.1 Å². The molecule has 21 heavy (non-hydrogen) atoms. The van der Waals surface area contributed by atoms with Gasteiger partial charge in [-0.3, -0.25) is 4.90 Å². The first-order chi connectivity index (χ1) is 9.92.